The quantitative estimate of drug-likeness (QED) is 0.929. The summed E-state index contributed by atoms with van der Waals surface area (Å²) >= 11 is 6.86. The van der Waals surface area contributed by atoms with E-state index < -0.39 is 26.8 Å². The Bertz CT molecular complexity index is 776. The Balaban J connectivity index is 2.05. The van der Waals surface area contributed by atoms with Gasteiger partial charge in [0.2, 0.25) is 0 Å². The van der Waals surface area contributed by atoms with Crippen LogP contribution in [-0.4, -0.2) is 29.5 Å². The van der Waals surface area contributed by atoms with Crippen molar-refractivity contribution in [2.75, 3.05) is 0 Å². The Morgan fingerprint density at radius 2 is 2.10 bits per heavy atom. The Morgan fingerprint density at radius 1 is 1.45 bits per heavy atom. The fraction of sp³-hybridized carbons (Fsp3) is 0.444. The van der Waals surface area contributed by atoms with E-state index in [1.54, 1.807) is 10.1 Å². The number of hydrogen-bond donors (Lipinski definition) is 1. The first-order chi connectivity index (χ1) is 9.16. The lowest BCUT2D eigenvalue weighted by Crippen LogP contribution is -2.48. The van der Waals surface area contributed by atoms with E-state index in [1.807, 2.05) is 0 Å². The first kappa shape index (κ1) is 14.1. The van der Waals surface area contributed by atoms with Crippen molar-refractivity contribution in [1.82, 2.24) is 14.1 Å². The number of sulfonamides is 1. The number of halogens is 4. The molecule has 0 unspecified atom stereocenters. The van der Waals surface area contributed by atoms with Crippen molar-refractivity contribution in [3.63, 3.8) is 0 Å². The summed E-state index contributed by atoms with van der Waals surface area (Å²) < 4.78 is 65.7. The number of fused-ring (bicyclic) bond motifs is 1. The van der Waals surface area contributed by atoms with E-state index in [4.69, 9.17) is 11.6 Å². The van der Waals surface area contributed by atoms with Gasteiger partial charge in [-0.15, -0.1) is 11.3 Å². The van der Waals surface area contributed by atoms with Crippen molar-refractivity contribution in [1.29, 1.82) is 0 Å². The molecule has 20 heavy (non-hydrogen) atoms. The van der Waals surface area contributed by atoms with Crippen LogP contribution in [0.4, 0.5) is 13.2 Å². The van der Waals surface area contributed by atoms with Gasteiger partial charge in [-0.2, -0.15) is 17.9 Å². The smallest absolute Gasteiger partial charge is 0.279 e. The standard InChI is InChI=1S/C9H7ClF3N3O2S2/c10-5-6(16-3-4-19-7(16)14-5)20(17,18)15-8(1-2-8)9(11,12)13/h3-4,15H,1-2H2. The van der Waals surface area contributed by atoms with Crippen molar-refractivity contribution in [3.8, 4) is 0 Å². The summed E-state index contributed by atoms with van der Waals surface area (Å²) in [4.78, 5) is 4.10. The van der Waals surface area contributed by atoms with Crippen molar-refractivity contribution < 1.29 is 21.6 Å². The molecule has 1 saturated carbocycles. The molecule has 0 aromatic carbocycles. The Morgan fingerprint density at radius 3 is 2.65 bits per heavy atom. The SMILES string of the molecule is O=S(=O)(NC1(C(F)(F)F)CC1)c1c(Cl)nc2sccn12. The minimum absolute atomic E-state index is 0.279. The van der Waals surface area contributed by atoms with E-state index in [1.165, 1.54) is 6.20 Å². The lowest BCUT2D eigenvalue weighted by Gasteiger charge is -2.20. The van der Waals surface area contributed by atoms with Crippen LogP contribution >= 0.6 is 22.9 Å². The Kier molecular flexibility index (Phi) is 2.89. The molecular weight excluding hydrogens is 339 g/mol. The summed E-state index contributed by atoms with van der Waals surface area (Å²) in [6.07, 6.45) is -3.80. The first-order valence-electron chi connectivity index (χ1n) is 5.38. The fourth-order valence-electron chi connectivity index (χ4n) is 1.85. The number of thiazole rings is 1. The molecule has 1 aliphatic carbocycles. The maximum absolute atomic E-state index is 12.8. The molecule has 2 aromatic rings. The van der Waals surface area contributed by atoms with Crippen molar-refractivity contribution in [3.05, 3.63) is 16.7 Å². The molecule has 2 heterocycles. The van der Waals surface area contributed by atoms with Crippen LogP contribution in [0.2, 0.25) is 5.15 Å². The van der Waals surface area contributed by atoms with Gasteiger partial charge in [-0.1, -0.05) is 11.6 Å². The molecule has 0 radical (unpaired) electrons. The Labute approximate surface area is 120 Å². The van der Waals surface area contributed by atoms with Gasteiger partial charge in [0.1, 0.15) is 5.54 Å². The van der Waals surface area contributed by atoms with Crippen LogP contribution in [0.25, 0.3) is 4.96 Å². The maximum Gasteiger partial charge on any atom is 0.407 e. The number of rotatable bonds is 3. The number of hydrogen-bond acceptors (Lipinski definition) is 4. The van der Waals surface area contributed by atoms with E-state index in [-0.39, 0.29) is 18.0 Å². The number of nitrogens with one attached hydrogen (secondary N) is 1. The number of imidazole rings is 1. The van der Waals surface area contributed by atoms with Crippen LogP contribution in [0.3, 0.4) is 0 Å². The number of aromatic nitrogens is 2. The average molecular weight is 346 g/mol. The monoisotopic (exact) mass is 345 g/mol. The topological polar surface area (TPSA) is 63.5 Å². The molecule has 0 amide bonds. The second-order valence-corrected chi connectivity index (χ2v) is 7.28. The minimum atomic E-state index is -4.63. The molecule has 1 N–H and O–H groups in total. The first-order valence-corrected chi connectivity index (χ1v) is 8.12. The number of alkyl halides is 3. The molecule has 3 rings (SSSR count). The van der Waals surface area contributed by atoms with Crippen molar-refractivity contribution in [2.45, 2.75) is 29.6 Å². The van der Waals surface area contributed by atoms with Gasteiger partial charge in [-0.05, 0) is 12.8 Å². The van der Waals surface area contributed by atoms with Crippen LogP contribution in [0.15, 0.2) is 16.6 Å². The van der Waals surface area contributed by atoms with Crippen LogP contribution < -0.4 is 4.72 Å². The number of nitrogens with zero attached hydrogens (tertiary/aromatic N) is 2. The molecule has 0 saturated heterocycles. The highest BCUT2D eigenvalue weighted by molar-refractivity contribution is 7.89. The molecule has 5 nitrogen and oxygen atoms in total. The highest BCUT2D eigenvalue weighted by Crippen LogP contribution is 2.50. The summed E-state index contributed by atoms with van der Waals surface area (Å²) in [6, 6.07) is 0. The zero-order valence-corrected chi connectivity index (χ0v) is 12.0. The molecule has 1 aliphatic rings. The molecule has 1 fully saturated rings. The molecule has 110 valence electrons. The summed E-state index contributed by atoms with van der Waals surface area (Å²) in [7, 11) is -4.42. The average Bonchev–Trinajstić information content (AvgIpc) is 2.79. The van der Waals surface area contributed by atoms with Gasteiger partial charge in [-0.25, -0.2) is 13.4 Å². The van der Waals surface area contributed by atoms with Gasteiger partial charge in [0.25, 0.3) is 10.0 Å². The third-order valence-electron chi connectivity index (χ3n) is 3.06. The van der Waals surface area contributed by atoms with Gasteiger partial charge >= 0.3 is 6.18 Å². The normalized spacial score (nSPS) is 18.6. The van der Waals surface area contributed by atoms with E-state index in [9.17, 15) is 21.6 Å². The molecule has 11 heteroatoms. The van der Waals surface area contributed by atoms with Crippen molar-refractivity contribution in [2.24, 2.45) is 0 Å². The molecule has 0 bridgehead atoms. The molecule has 0 spiro atoms. The highest BCUT2D eigenvalue weighted by Gasteiger charge is 2.65. The van der Waals surface area contributed by atoms with Gasteiger partial charge in [0.05, 0.1) is 0 Å². The van der Waals surface area contributed by atoms with E-state index >= 15 is 0 Å². The lowest BCUT2D eigenvalue weighted by molar-refractivity contribution is -0.160. The molecule has 0 atom stereocenters. The zero-order valence-electron chi connectivity index (χ0n) is 9.61. The second kappa shape index (κ2) is 4.09. The highest BCUT2D eigenvalue weighted by atomic mass is 35.5. The second-order valence-electron chi connectivity index (χ2n) is 4.45. The molecular formula is C9H7ClF3N3O2S2. The summed E-state index contributed by atoms with van der Waals surface area (Å²) in [5.41, 5.74) is -2.38. The third kappa shape index (κ3) is 2.01. The molecule has 2 aromatic heterocycles. The summed E-state index contributed by atoms with van der Waals surface area (Å²) in [5, 5.41) is 0.752. The fourth-order valence-corrected chi connectivity index (χ4v) is 4.76. The van der Waals surface area contributed by atoms with Crippen LogP contribution in [-0.2, 0) is 10.0 Å². The minimum Gasteiger partial charge on any atom is -0.279 e. The Hall–Kier alpha value is -0.840. The van der Waals surface area contributed by atoms with E-state index in [0.717, 1.165) is 15.7 Å². The predicted molar refractivity (Wildman–Crippen MR) is 66.4 cm³/mol. The van der Waals surface area contributed by atoms with Gasteiger partial charge < -0.3 is 0 Å². The molecule has 0 aliphatic heterocycles. The predicted octanol–water partition coefficient (Wildman–Crippen LogP) is 2.42. The van der Waals surface area contributed by atoms with Gasteiger partial charge in [0, 0.05) is 11.6 Å². The van der Waals surface area contributed by atoms with Crippen LogP contribution in [0.1, 0.15) is 12.8 Å². The van der Waals surface area contributed by atoms with E-state index in [0.29, 0.717) is 4.96 Å². The third-order valence-corrected chi connectivity index (χ3v) is 5.75. The van der Waals surface area contributed by atoms with Crippen molar-refractivity contribution >= 4 is 37.9 Å². The lowest BCUT2D eigenvalue weighted by atomic mass is 10.3. The van der Waals surface area contributed by atoms with Gasteiger partial charge in [0.15, 0.2) is 15.1 Å². The van der Waals surface area contributed by atoms with Crippen LogP contribution in [0, 0.1) is 0 Å². The largest absolute Gasteiger partial charge is 0.407 e. The summed E-state index contributed by atoms with van der Waals surface area (Å²) in [6.45, 7) is 0. The van der Waals surface area contributed by atoms with Crippen LogP contribution in [0.5, 0.6) is 0 Å². The maximum atomic E-state index is 12.8. The summed E-state index contributed by atoms with van der Waals surface area (Å²) in [5.74, 6) is 0. The zero-order chi connectivity index (χ0) is 14.8. The van der Waals surface area contributed by atoms with Gasteiger partial charge in [-0.3, -0.25) is 4.40 Å². The van der Waals surface area contributed by atoms with E-state index in [2.05, 4.69) is 4.98 Å².